The molecule has 8 nitrogen and oxygen atoms in total. The largest absolute Gasteiger partial charge is 0.459 e. The Morgan fingerprint density at radius 1 is 1.00 bits per heavy atom. The molecule has 2 heterocycles. The minimum atomic E-state index is -3.84. The van der Waals surface area contributed by atoms with Crippen LogP contribution in [-0.2, 0) is 21.2 Å². The van der Waals surface area contributed by atoms with E-state index in [-0.39, 0.29) is 16.6 Å². The number of rotatable bonds is 5. The number of sulfonamides is 1. The molecular formula is C20H17N3O5S. The van der Waals surface area contributed by atoms with E-state index in [4.69, 9.17) is 4.42 Å². The fourth-order valence-electron chi connectivity index (χ4n) is 3.00. The molecule has 0 aliphatic carbocycles. The molecule has 2 aromatic carbocycles. The van der Waals surface area contributed by atoms with Gasteiger partial charge in [-0.1, -0.05) is 6.07 Å². The molecule has 4 rings (SSSR count). The molecule has 3 N–H and O–H groups in total. The van der Waals surface area contributed by atoms with Crippen molar-refractivity contribution in [3.63, 3.8) is 0 Å². The predicted molar refractivity (Wildman–Crippen MR) is 107 cm³/mol. The Hall–Kier alpha value is -3.59. The molecule has 0 saturated heterocycles. The molecule has 3 aromatic rings. The number of carbonyl (C=O) groups is 2. The molecule has 29 heavy (non-hydrogen) atoms. The predicted octanol–water partition coefficient (Wildman–Crippen LogP) is 3.22. The van der Waals surface area contributed by atoms with Gasteiger partial charge in [0.05, 0.1) is 16.8 Å². The molecule has 2 amide bonds. The quantitative estimate of drug-likeness (QED) is 0.596. The lowest BCUT2D eigenvalue weighted by molar-refractivity contribution is -0.116. The Kier molecular flexibility index (Phi) is 4.81. The van der Waals surface area contributed by atoms with Crippen LogP contribution in [0.15, 0.2) is 70.2 Å². The first-order valence-corrected chi connectivity index (χ1v) is 10.3. The van der Waals surface area contributed by atoms with Crippen molar-refractivity contribution in [3.05, 3.63) is 72.2 Å². The van der Waals surface area contributed by atoms with E-state index < -0.39 is 15.9 Å². The summed E-state index contributed by atoms with van der Waals surface area (Å²) in [6.07, 6.45) is 2.20. The molecule has 1 aromatic heterocycles. The standard InChI is InChI=1S/C20H17N3O5S/c24-19-9-6-13-11-16(7-8-17(13)22-19)29(26,27)23-15-4-1-3-14(12-15)21-20(25)18-5-2-10-28-18/h1-5,7-8,10-12,23H,6,9H2,(H,21,25)(H,22,24). The van der Waals surface area contributed by atoms with Crippen molar-refractivity contribution in [3.8, 4) is 0 Å². The average molecular weight is 411 g/mol. The maximum absolute atomic E-state index is 12.8. The number of hydrogen-bond acceptors (Lipinski definition) is 5. The number of carbonyl (C=O) groups excluding carboxylic acids is 2. The van der Waals surface area contributed by atoms with Gasteiger partial charge in [0.25, 0.3) is 15.9 Å². The van der Waals surface area contributed by atoms with Crippen LogP contribution in [0.5, 0.6) is 0 Å². The minimum Gasteiger partial charge on any atom is -0.459 e. The SMILES string of the molecule is O=C1CCc2cc(S(=O)(=O)Nc3cccc(NC(=O)c4ccco4)c3)ccc2N1. The average Bonchev–Trinajstić information content (AvgIpc) is 3.22. The van der Waals surface area contributed by atoms with Crippen molar-refractivity contribution in [2.45, 2.75) is 17.7 Å². The highest BCUT2D eigenvalue weighted by atomic mass is 32.2. The summed E-state index contributed by atoms with van der Waals surface area (Å²) in [4.78, 5) is 23.6. The molecule has 1 aliphatic heterocycles. The molecule has 0 spiro atoms. The third-order valence-corrected chi connectivity index (χ3v) is 5.78. The van der Waals surface area contributed by atoms with E-state index in [1.807, 2.05) is 0 Å². The van der Waals surface area contributed by atoms with Gasteiger partial charge in [-0.15, -0.1) is 0 Å². The Balaban J connectivity index is 1.52. The van der Waals surface area contributed by atoms with E-state index in [1.165, 1.54) is 24.5 Å². The first kappa shape index (κ1) is 18.8. The van der Waals surface area contributed by atoms with Gasteiger partial charge in [-0.3, -0.25) is 14.3 Å². The van der Waals surface area contributed by atoms with E-state index in [9.17, 15) is 18.0 Å². The second-order valence-electron chi connectivity index (χ2n) is 6.48. The Morgan fingerprint density at radius 2 is 1.83 bits per heavy atom. The first-order chi connectivity index (χ1) is 13.9. The third-order valence-electron chi connectivity index (χ3n) is 4.40. The summed E-state index contributed by atoms with van der Waals surface area (Å²) in [5.41, 5.74) is 2.11. The maximum Gasteiger partial charge on any atom is 0.291 e. The van der Waals surface area contributed by atoms with E-state index >= 15 is 0 Å². The van der Waals surface area contributed by atoms with E-state index in [0.29, 0.717) is 29.9 Å². The highest BCUT2D eigenvalue weighted by molar-refractivity contribution is 7.92. The fraction of sp³-hybridized carbons (Fsp3) is 0.100. The van der Waals surface area contributed by atoms with Gasteiger partial charge in [0.2, 0.25) is 5.91 Å². The highest BCUT2D eigenvalue weighted by Crippen LogP contribution is 2.27. The van der Waals surface area contributed by atoms with Crippen LogP contribution < -0.4 is 15.4 Å². The Labute approximate surface area is 167 Å². The number of amides is 2. The van der Waals surface area contributed by atoms with Gasteiger partial charge in [-0.05, 0) is 60.5 Å². The summed E-state index contributed by atoms with van der Waals surface area (Å²) in [6.45, 7) is 0. The van der Waals surface area contributed by atoms with Crippen LogP contribution in [0.3, 0.4) is 0 Å². The molecule has 0 fully saturated rings. The first-order valence-electron chi connectivity index (χ1n) is 8.81. The summed E-state index contributed by atoms with van der Waals surface area (Å²) >= 11 is 0. The highest BCUT2D eigenvalue weighted by Gasteiger charge is 2.20. The second kappa shape index (κ2) is 7.44. The molecule has 148 valence electrons. The zero-order valence-electron chi connectivity index (χ0n) is 15.1. The molecule has 1 aliphatic rings. The Morgan fingerprint density at radius 3 is 2.62 bits per heavy atom. The van der Waals surface area contributed by atoms with Crippen molar-refractivity contribution in [1.29, 1.82) is 0 Å². The number of nitrogens with one attached hydrogen (secondary N) is 3. The van der Waals surface area contributed by atoms with Gasteiger partial charge in [0.1, 0.15) is 0 Å². The summed E-state index contributed by atoms with van der Waals surface area (Å²) in [7, 11) is -3.84. The van der Waals surface area contributed by atoms with Crippen LogP contribution in [0.25, 0.3) is 0 Å². The number of furan rings is 1. The molecule has 0 saturated carbocycles. The molecule has 0 unspecified atom stereocenters. The van der Waals surface area contributed by atoms with Crippen molar-refractivity contribution >= 4 is 38.9 Å². The zero-order chi connectivity index (χ0) is 20.4. The van der Waals surface area contributed by atoms with Gasteiger partial charge in [-0.2, -0.15) is 0 Å². The van der Waals surface area contributed by atoms with E-state index in [2.05, 4.69) is 15.4 Å². The third kappa shape index (κ3) is 4.14. The smallest absolute Gasteiger partial charge is 0.291 e. The van der Waals surface area contributed by atoms with Crippen LogP contribution in [0.4, 0.5) is 17.1 Å². The summed E-state index contributed by atoms with van der Waals surface area (Å²) < 4.78 is 33.1. The maximum atomic E-state index is 12.8. The number of aryl methyl sites for hydroxylation is 1. The lowest BCUT2D eigenvalue weighted by Gasteiger charge is -2.18. The monoisotopic (exact) mass is 411 g/mol. The van der Waals surface area contributed by atoms with Crippen molar-refractivity contribution in [2.24, 2.45) is 0 Å². The van der Waals surface area contributed by atoms with Crippen molar-refractivity contribution in [1.82, 2.24) is 0 Å². The number of anilines is 3. The van der Waals surface area contributed by atoms with E-state index in [1.54, 1.807) is 36.4 Å². The lowest BCUT2D eigenvalue weighted by Crippen LogP contribution is -2.20. The molecule has 9 heteroatoms. The summed E-state index contributed by atoms with van der Waals surface area (Å²) in [6, 6.07) is 14.1. The zero-order valence-corrected chi connectivity index (χ0v) is 16.0. The molecule has 0 bridgehead atoms. The van der Waals surface area contributed by atoms with Gasteiger partial charge < -0.3 is 15.1 Å². The number of benzene rings is 2. The number of fused-ring (bicyclic) bond motifs is 1. The van der Waals surface area contributed by atoms with Gasteiger partial charge in [0.15, 0.2) is 5.76 Å². The van der Waals surface area contributed by atoms with Crippen molar-refractivity contribution in [2.75, 3.05) is 15.4 Å². The van der Waals surface area contributed by atoms with Gasteiger partial charge in [0, 0.05) is 17.8 Å². The lowest BCUT2D eigenvalue weighted by atomic mass is 10.0. The molecule has 0 radical (unpaired) electrons. The van der Waals surface area contributed by atoms with Gasteiger partial charge in [-0.25, -0.2) is 8.42 Å². The van der Waals surface area contributed by atoms with Crippen LogP contribution in [0.1, 0.15) is 22.5 Å². The number of hydrogen-bond donors (Lipinski definition) is 3. The van der Waals surface area contributed by atoms with E-state index in [0.717, 1.165) is 5.56 Å². The topological polar surface area (TPSA) is 118 Å². The fourth-order valence-corrected chi connectivity index (χ4v) is 4.10. The minimum absolute atomic E-state index is 0.0837. The summed E-state index contributed by atoms with van der Waals surface area (Å²) in [5.74, 6) is -0.372. The molecule has 0 atom stereocenters. The summed E-state index contributed by atoms with van der Waals surface area (Å²) in [5, 5.41) is 5.37. The van der Waals surface area contributed by atoms with Crippen LogP contribution in [0, 0.1) is 0 Å². The normalized spacial score (nSPS) is 13.3. The second-order valence-corrected chi connectivity index (χ2v) is 8.17. The van der Waals surface area contributed by atoms with Crippen LogP contribution in [-0.4, -0.2) is 20.2 Å². The van der Waals surface area contributed by atoms with Crippen molar-refractivity contribution < 1.29 is 22.4 Å². The van der Waals surface area contributed by atoms with Crippen LogP contribution in [0.2, 0.25) is 0 Å². The molecular weight excluding hydrogens is 394 g/mol. The van der Waals surface area contributed by atoms with Gasteiger partial charge >= 0.3 is 0 Å². The van der Waals surface area contributed by atoms with Crippen LogP contribution >= 0.6 is 0 Å². The Bertz CT molecular complexity index is 1190.